The van der Waals surface area contributed by atoms with Crippen molar-refractivity contribution in [3.05, 3.63) is 235 Å². The Morgan fingerprint density at radius 2 is 1.22 bits per heavy atom. The topological polar surface area (TPSA) is 57.3 Å². The number of nitriles is 1. The van der Waals surface area contributed by atoms with E-state index in [1.54, 1.807) is 11.3 Å². The third-order valence-corrected chi connectivity index (χ3v) is 16.4. The third kappa shape index (κ3) is 9.86. The number of anilines is 4. The van der Waals surface area contributed by atoms with Gasteiger partial charge in [0.15, 0.2) is 0 Å². The number of thiophene rings is 1. The number of benzene rings is 9. The van der Waals surface area contributed by atoms with Crippen molar-refractivity contribution in [2.75, 3.05) is 9.80 Å². The fourth-order valence-electron chi connectivity index (χ4n) is 11.3. The summed E-state index contributed by atoms with van der Waals surface area (Å²) in [6.45, 7) is 21.1. The minimum atomic E-state index is -1.90. The zero-order chi connectivity index (χ0) is 58.6. The molecule has 13 rings (SSSR count). The number of pyridine rings is 1. The Bertz CT molecular complexity index is 4560. The van der Waals surface area contributed by atoms with Crippen LogP contribution in [0.5, 0.6) is 11.5 Å². The summed E-state index contributed by atoms with van der Waals surface area (Å²) in [6, 6.07) is 74.0. The molecular weight excluding hydrogens is 1200 g/mol. The van der Waals surface area contributed by atoms with Crippen LogP contribution in [0.25, 0.3) is 81.2 Å². The maximum absolute atomic E-state index is 10.3. The molecule has 0 radical (unpaired) electrons. The number of hydrogen-bond acceptors (Lipinski definition) is 6. The summed E-state index contributed by atoms with van der Waals surface area (Å²) in [5.74, 6) is 1.28. The van der Waals surface area contributed by atoms with E-state index in [0.717, 1.165) is 92.6 Å². The molecule has 0 saturated carbocycles. The molecule has 1 aliphatic heterocycles. The van der Waals surface area contributed by atoms with Crippen LogP contribution in [0, 0.1) is 35.5 Å². The van der Waals surface area contributed by atoms with E-state index < -0.39 is 11.8 Å². The van der Waals surface area contributed by atoms with E-state index in [2.05, 4.69) is 198 Å². The van der Waals surface area contributed by atoms with Crippen molar-refractivity contribution in [1.82, 2.24) is 9.55 Å². The molecule has 0 spiro atoms. The molecule has 12 aromatic rings. The summed E-state index contributed by atoms with van der Waals surface area (Å²) in [4.78, 5) is 9.57. The van der Waals surface area contributed by atoms with Crippen LogP contribution < -0.4 is 14.5 Å². The molecular formula is C74H62N5OPtS-3. The predicted octanol–water partition coefficient (Wildman–Crippen LogP) is 20.4. The van der Waals surface area contributed by atoms with Crippen molar-refractivity contribution in [3.8, 4) is 56.8 Å². The minimum absolute atomic E-state index is 0. The molecule has 0 fully saturated rings. The molecule has 82 heavy (non-hydrogen) atoms. The quantitative estimate of drug-likeness (QED) is 0.135. The van der Waals surface area contributed by atoms with Gasteiger partial charge in [-0.05, 0) is 110 Å². The van der Waals surface area contributed by atoms with E-state index in [1.807, 2.05) is 92.1 Å². The van der Waals surface area contributed by atoms with E-state index in [-0.39, 0.29) is 38.1 Å². The normalized spacial score (nSPS) is 13.5. The average molecular weight is 1270 g/mol. The van der Waals surface area contributed by atoms with Gasteiger partial charge in [0.2, 0.25) is 0 Å². The molecule has 408 valence electrons. The van der Waals surface area contributed by atoms with Gasteiger partial charge < -0.3 is 19.1 Å². The monoisotopic (exact) mass is 1270 g/mol. The van der Waals surface area contributed by atoms with Gasteiger partial charge in [-0.2, -0.15) is 17.4 Å². The Balaban J connectivity index is 0.00000709. The van der Waals surface area contributed by atoms with Gasteiger partial charge in [-0.15, -0.1) is 59.4 Å². The molecule has 0 unspecified atom stereocenters. The molecule has 8 heteroatoms. The van der Waals surface area contributed by atoms with Crippen molar-refractivity contribution in [1.29, 1.82) is 5.26 Å². The molecule has 0 amide bonds. The van der Waals surface area contributed by atoms with Crippen molar-refractivity contribution < 1.29 is 29.9 Å². The van der Waals surface area contributed by atoms with Crippen molar-refractivity contribution in [3.63, 3.8) is 0 Å². The van der Waals surface area contributed by atoms with Crippen LogP contribution in [0.1, 0.15) is 88.7 Å². The summed E-state index contributed by atoms with van der Waals surface area (Å²) in [5.41, 5.74) is 13.2. The van der Waals surface area contributed by atoms with Crippen LogP contribution in [0.4, 0.5) is 22.7 Å². The first-order chi connectivity index (χ1) is 40.2. The number of ether oxygens (including phenoxy) is 1. The van der Waals surface area contributed by atoms with E-state index in [0.29, 0.717) is 39.5 Å². The second kappa shape index (κ2) is 20.9. The minimum Gasteiger partial charge on any atom is -0.509 e. The first-order valence-corrected chi connectivity index (χ1v) is 28.4. The van der Waals surface area contributed by atoms with E-state index in [9.17, 15) is 9.37 Å². The number of nitrogens with zero attached hydrogens (tertiary/aromatic N) is 5. The molecule has 4 heterocycles. The second-order valence-corrected chi connectivity index (χ2v) is 25.2. The van der Waals surface area contributed by atoms with Crippen molar-refractivity contribution in [2.24, 2.45) is 5.41 Å². The van der Waals surface area contributed by atoms with Gasteiger partial charge in [0.1, 0.15) is 5.82 Å². The second-order valence-electron chi connectivity index (χ2n) is 24.1. The molecule has 0 atom stereocenters. The van der Waals surface area contributed by atoms with Crippen molar-refractivity contribution in [2.45, 2.75) is 79.5 Å². The number of aromatic nitrogens is 2. The molecule has 1 aliphatic rings. The fraction of sp³-hybridized carbons (Fsp3) is 0.176. The van der Waals surface area contributed by atoms with Crippen LogP contribution in [0.3, 0.4) is 0 Å². The van der Waals surface area contributed by atoms with Gasteiger partial charge in [0, 0.05) is 101 Å². The van der Waals surface area contributed by atoms with E-state index >= 15 is 0 Å². The Hall–Kier alpha value is -8.27. The third-order valence-electron chi connectivity index (χ3n) is 15.2. The number of para-hydroxylation sites is 2. The summed E-state index contributed by atoms with van der Waals surface area (Å²) in [5, 5.41) is 14.0. The summed E-state index contributed by atoms with van der Waals surface area (Å²) in [6.07, 6.45) is -1.94. The van der Waals surface area contributed by atoms with E-state index in [1.165, 1.54) is 5.56 Å². The SMILES string of the molecule is [2H]c1nc(-n2c3[c-]c(Oc4[c-]c(N5[CH-]N(c6c(-c7ccccc7)cc(C(C)(C)C)cc6-c6ccccc6)c6ccccc65)ccc4)ccc3c3c4sc5cccc(C#N)c5c4ccc32)cc(C([2H])([2H])C(C)(C)C)c1-c1ccc(C(C)(C)C)cc1.[Pt]. The summed E-state index contributed by atoms with van der Waals surface area (Å²) < 4.78 is 40.3. The van der Waals surface area contributed by atoms with Crippen LogP contribution in [-0.2, 0) is 38.3 Å². The standard InChI is InChI=1S/C74H62N5OS.Pt/c1-72(2,3)43-51-38-67(76-45-61(51)49-30-32-52(33-31-49)73(4,5)6)79-64-37-36-58-68-50(44-75)24-18-29-66(68)81-71(58)69(64)57-35-34-56(42-65(57)79)80-55-26-19-25-54(41-55)77-46-78(63-28-17-16-27-62(63)77)70-59(47-20-12-10-13-21-47)39-53(74(7,8)9)40-60(70)48-22-14-11-15-23-48;/h10-40,45-46H,43H2,1-9H3;/q-3;/i43D2,45D;. The molecule has 0 aliphatic carbocycles. The van der Waals surface area contributed by atoms with Crippen LogP contribution >= 0.6 is 11.3 Å². The Labute approximate surface area is 504 Å². The number of rotatable bonds is 9. The molecule has 9 aromatic carbocycles. The van der Waals surface area contributed by atoms with Gasteiger partial charge in [-0.1, -0.05) is 177 Å². The first-order valence-electron chi connectivity index (χ1n) is 29.1. The zero-order valence-corrected chi connectivity index (χ0v) is 50.4. The van der Waals surface area contributed by atoms with Crippen LogP contribution in [-0.4, -0.2) is 9.55 Å². The Morgan fingerprint density at radius 1 is 0.610 bits per heavy atom. The van der Waals surface area contributed by atoms with Crippen LogP contribution in [0.15, 0.2) is 194 Å². The Kier molecular flexibility index (Phi) is 12.9. The predicted molar refractivity (Wildman–Crippen MR) is 339 cm³/mol. The number of hydrogen-bond donors (Lipinski definition) is 0. The average Bonchev–Trinajstić information content (AvgIpc) is 1.66. The maximum atomic E-state index is 10.3. The molecule has 0 bridgehead atoms. The molecule has 3 aromatic heterocycles. The van der Waals surface area contributed by atoms with Gasteiger partial charge >= 0.3 is 0 Å². The summed E-state index contributed by atoms with van der Waals surface area (Å²) in [7, 11) is 0. The number of fused-ring (bicyclic) bond motifs is 8. The van der Waals surface area contributed by atoms with E-state index in [4.69, 9.17) is 9.72 Å². The first kappa shape index (κ1) is 50.7. The van der Waals surface area contributed by atoms with Gasteiger partial charge in [-0.25, -0.2) is 4.98 Å². The maximum Gasteiger partial charge on any atom is 0.135 e. The van der Waals surface area contributed by atoms with Crippen molar-refractivity contribution >= 4 is 76.1 Å². The fourth-order valence-corrected chi connectivity index (χ4v) is 12.6. The largest absolute Gasteiger partial charge is 0.509 e. The Morgan fingerprint density at radius 3 is 1.87 bits per heavy atom. The van der Waals surface area contributed by atoms with Gasteiger partial charge in [0.05, 0.1) is 13.0 Å². The molecule has 0 saturated heterocycles. The van der Waals surface area contributed by atoms with Crippen LogP contribution in [0.2, 0.25) is 0 Å². The molecule has 0 N–H and O–H groups in total. The van der Waals surface area contributed by atoms with Gasteiger partial charge in [0.25, 0.3) is 0 Å². The summed E-state index contributed by atoms with van der Waals surface area (Å²) >= 11 is 1.63. The smallest absolute Gasteiger partial charge is 0.135 e. The molecule has 6 nitrogen and oxygen atoms in total. The zero-order valence-electron chi connectivity index (χ0n) is 50.3. The van der Waals surface area contributed by atoms with Gasteiger partial charge in [-0.3, -0.25) is 0 Å².